The molecule has 2 aromatic carbocycles. The number of carbonyl (C=O) groups excluding carboxylic acids is 1. The Kier molecular flexibility index (Phi) is 7.70. The zero-order chi connectivity index (χ0) is 24.1. The van der Waals surface area contributed by atoms with E-state index in [0.29, 0.717) is 17.3 Å². The highest BCUT2D eigenvalue weighted by Crippen LogP contribution is 2.33. The van der Waals surface area contributed by atoms with Crippen molar-refractivity contribution in [3.63, 3.8) is 0 Å². The molecule has 0 bridgehead atoms. The van der Waals surface area contributed by atoms with Gasteiger partial charge in [0.25, 0.3) is 5.91 Å². The largest absolute Gasteiger partial charge is 0.495 e. The summed E-state index contributed by atoms with van der Waals surface area (Å²) in [5, 5.41) is 14.3. The third-order valence-corrected chi connectivity index (χ3v) is 6.25. The van der Waals surface area contributed by atoms with Gasteiger partial charge in [0.15, 0.2) is 11.5 Å². The molecule has 1 N–H and O–H groups in total. The highest BCUT2D eigenvalue weighted by Gasteiger charge is 2.24. The fourth-order valence-corrected chi connectivity index (χ4v) is 4.41. The molecule has 1 fully saturated rings. The summed E-state index contributed by atoms with van der Waals surface area (Å²) < 4.78 is 5.53. The van der Waals surface area contributed by atoms with Gasteiger partial charge in [-0.2, -0.15) is 0 Å². The number of halogens is 1. The minimum absolute atomic E-state index is 0.188. The number of carbonyl (C=O) groups is 1. The first-order valence-electron chi connectivity index (χ1n) is 11.5. The van der Waals surface area contributed by atoms with Crippen LogP contribution >= 0.6 is 11.6 Å². The van der Waals surface area contributed by atoms with E-state index in [1.807, 2.05) is 56.6 Å². The summed E-state index contributed by atoms with van der Waals surface area (Å²) in [6.45, 7) is 4.64. The van der Waals surface area contributed by atoms with E-state index in [0.717, 1.165) is 67.2 Å². The number of methoxy groups -OCH3 is 1. The third kappa shape index (κ3) is 5.34. The normalized spacial score (nSPS) is 14.0. The van der Waals surface area contributed by atoms with Gasteiger partial charge >= 0.3 is 0 Å². The van der Waals surface area contributed by atoms with Crippen LogP contribution in [-0.2, 0) is 0 Å². The SMILES string of the molecule is COc1ccc(Cl)cc1N1CCN(c2nnc(C(=O)NCCCN(C)C)c3ccccc23)CC1. The molecule has 9 heteroatoms. The van der Waals surface area contributed by atoms with Crippen LogP contribution in [0.3, 0.4) is 0 Å². The topological polar surface area (TPSA) is 73.8 Å². The number of piperazine rings is 1. The molecular formula is C25H31ClN6O2. The maximum Gasteiger partial charge on any atom is 0.272 e. The molecule has 1 aromatic heterocycles. The van der Waals surface area contributed by atoms with Gasteiger partial charge in [-0.15, -0.1) is 10.2 Å². The van der Waals surface area contributed by atoms with E-state index in [9.17, 15) is 4.79 Å². The Morgan fingerprint density at radius 3 is 2.47 bits per heavy atom. The van der Waals surface area contributed by atoms with E-state index in [2.05, 4.69) is 30.2 Å². The number of rotatable bonds is 8. The van der Waals surface area contributed by atoms with Crippen molar-refractivity contribution in [2.24, 2.45) is 0 Å². The lowest BCUT2D eigenvalue weighted by Gasteiger charge is -2.37. The minimum Gasteiger partial charge on any atom is -0.495 e. The molecule has 0 unspecified atom stereocenters. The van der Waals surface area contributed by atoms with Crippen molar-refractivity contribution in [1.29, 1.82) is 0 Å². The summed E-state index contributed by atoms with van der Waals surface area (Å²) in [4.78, 5) is 19.4. The molecule has 34 heavy (non-hydrogen) atoms. The van der Waals surface area contributed by atoms with Gasteiger partial charge < -0.3 is 24.8 Å². The molecule has 0 saturated carbocycles. The molecule has 0 aliphatic carbocycles. The molecular weight excluding hydrogens is 452 g/mol. The maximum atomic E-state index is 12.8. The number of nitrogens with one attached hydrogen (secondary N) is 1. The Bertz CT molecular complexity index is 1150. The van der Waals surface area contributed by atoms with Crippen LogP contribution in [0.25, 0.3) is 10.8 Å². The molecule has 0 atom stereocenters. The lowest BCUT2D eigenvalue weighted by molar-refractivity contribution is 0.0948. The molecule has 0 spiro atoms. The number of ether oxygens (including phenoxy) is 1. The van der Waals surface area contributed by atoms with Crippen molar-refractivity contribution in [3.8, 4) is 5.75 Å². The molecule has 1 aliphatic heterocycles. The average molecular weight is 483 g/mol. The fraction of sp³-hybridized carbons (Fsp3) is 0.400. The van der Waals surface area contributed by atoms with Crippen LogP contribution < -0.4 is 19.9 Å². The summed E-state index contributed by atoms with van der Waals surface area (Å²) in [6.07, 6.45) is 0.879. The van der Waals surface area contributed by atoms with Gasteiger partial charge in [0.1, 0.15) is 5.75 Å². The Hall–Kier alpha value is -3.10. The molecule has 4 rings (SSSR count). The highest BCUT2D eigenvalue weighted by atomic mass is 35.5. The second kappa shape index (κ2) is 10.9. The van der Waals surface area contributed by atoms with Gasteiger partial charge in [-0.1, -0.05) is 35.9 Å². The summed E-state index contributed by atoms with van der Waals surface area (Å²) in [7, 11) is 5.71. The van der Waals surface area contributed by atoms with E-state index in [1.165, 1.54) is 0 Å². The lowest BCUT2D eigenvalue weighted by atomic mass is 10.1. The summed E-state index contributed by atoms with van der Waals surface area (Å²) in [5.41, 5.74) is 1.36. The van der Waals surface area contributed by atoms with Gasteiger partial charge in [0, 0.05) is 48.5 Å². The number of aromatic nitrogens is 2. The Morgan fingerprint density at radius 1 is 1.06 bits per heavy atom. The van der Waals surface area contributed by atoms with E-state index in [1.54, 1.807) is 7.11 Å². The number of fused-ring (bicyclic) bond motifs is 1. The molecule has 0 radical (unpaired) electrons. The fourth-order valence-electron chi connectivity index (χ4n) is 4.24. The zero-order valence-electron chi connectivity index (χ0n) is 19.9. The lowest BCUT2D eigenvalue weighted by Crippen LogP contribution is -2.47. The minimum atomic E-state index is -0.188. The smallest absolute Gasteiger partial charge is 0.272 e. The van der Waals surface area contributed by atoms with E-state index >= 15 is 0 Å². The van der Waals surface area contributed by atoms with Crippen molar-refractivity contribution in [1.82, 2.24) is 20.4 Å². The second-order valence-electron chi connectivity index (χ2n) is 8.62. The van der Waals surface area contributed by atoms with Gasteiger partial charge in [-0.3, -0.25) is 4.79 Å². The number of hydrogen-bond donors (Lipinski definition) is 1. The van der Waals surface area contributed by atoms with Crippen molar-refractivity contribution in [2.45, 2.75) is 6.42 Å². The molecule has 8 nitrogen and oxygen atoms in total. The Labute approximate surface area is 205 Å². The second-order valence-corrected chi connectivity index (χ2v) is 9.06. The van der Waals surface area contributed by atoms with Crippen molar-refractivity contribution < 1.29 is 9.53 Å². The van der Waals surface area contributed by atoms with Gasteiger partial charge in [0.2, 0.25) is 0 Å². The van der Waals surface area contributed by atoms with Gasteiger partial charge in [0.05, 0.1) is 12.8 Å². The Balaban J connectivity index is 1.50. The molecule has 1 saturated heterocycles. The first-order chi connectivity index (χ1) is 16.5. The van der Waals surface area contributed by atoms with E-state index < -0.39 is 0 Å². The number of hydrogen-bond acceptors (Lipinski definition) is 7. The van der Waals surface area contributed by atoms with Crippen LogP contribution in [0.15, 0.2) is 42.5 Å². The van der Waals surface area contributed by atoms with E-state index in [-0.39, 0.29) is 5.91 Å². The standard InChI is InChI=1S/C25H31ClN6O2/c1-30(2)12-6-11-27-25(33)23-19-7-4-5-8-20(19)24(29-28-23)32-15-13-31(14-16-32)21-17-18(26)9-10-22(21)34-3/h4-5,7-10,17H,6,11-16H2,1-3H3,(H,27,33). The zero-order valence-corrected chi connectivity index (χ0v) is 20.7. The third-order valence-electron chi connectivity index (χ3n) is 6.01. The maximum absolute atomic E-state index is 12.8. The van der Waals surface area contributed by atoms with Crippen LogP contribution in [-0.4, -0.2) is 81.5 Å². The van der Waals surface area contributed by atoms with Crippen LogP contribution in [0.2, 0.25) is 5.02 Å². The van der Waals surface area contributed by atoms with Gasteiger partial charge in [-0.05, 0) is 45.3 Å². The summed E-state index contributed by atoms with van der Waals surface area (Å²) in [5.74, 6) is 1.42. The van der Waals surface area contributed by atoms with Gasteiger partial charge in [-0.25, -0.2) is 0 Å². The molecule has 180 valence electrons. The average Bonchev–Trinajstić information content (AvgIpc) is 2.86. The molecule has 3 aromatic rings. The van der Waals surface area contributed by atoms with Crippen LogP contribution in [0.1, 0.15) is 16.9 Å². The van der Waals surface area contributed by atoms with Crippen LogP contribution in [0.4, 0.5) is 11.5 Å². The number of benzene rings is 2. The number of amides is 1. The molecule has 2 heterocycles. The molecule has 1 aliphatic rings. The predicted molar refractivity (Wildman–Crippen MR) is 137 cm³/mol. The monoisotopic (exact) mass is 482 g/mol. The summed E-state index contributed by atoms with van der Waals surface area (Å²) >= 11 is 6.23. The van der Waals surface area contributed by atoms with Crippen molar-refractivity contribution >= 4 is 39.8 Å². The highest BCUT2D eigenvalue weighted by molar-refractivity contribution is 6.31. The number of nitrogens with zero attached hydrogens (tertiary/aromatic N) is 5. The predicted octanol–water partition coefficient (Wildman–Crippen LogP) is 3.30. The Morgan fingerprint density at radius 2 is 1.76 bits per heavy atom. The molecule has 1 amide bonds. The number of anilines is 2. The van der Waals surface area contributed by atoms with Crippen molar-refractivity contribution in [3.05, 3.63) is 53.2 Å². The quantitative estimate of drug-likeness (QED) is 0.494. The van der Waals surface area contributed by atoms with Crippen LogP contribution in [0.5, 0.6) is 5.75 Å². The van der Waals surface area contributed by atoms with Crippen molar-refractivity contribution in [2.75, 3.05) is 70.3 Å². The first kappa shape index (κ1) is 24.0. The van der Waals surface area contributed by atoms with Crippen LogP contribution in [0, 0.1) is 0 Å². The van der Waals surface area contributed by atoms with E-state index in [4.69, 9.17) is 16.3 Å². The summed E-state index contributed by atoms with van der Waals surface area (Å²) in [6, 6.07) is 13.5. The first-order valence-corrected chi connectivity index (χ1v) is 11.9.